The van der Waals surface area contributed by atoms with Crippen molar-refractivity contribution < 1.29 is 30.0 Å². The normalized spacial score (nSPS) is 15.6. The highest BCUT2D eigenvalue weighted by Gasteiger charge is 2.24. The Morgan fingerprint density at radius 3 is 1.81 bits per heavy atom. The first-order valence-corrected chi connectivity index (χ1v) is 9.66. The summed E-state index contributed by atoms with van der Waals surface area (Å²) in [6.07, 6.45) is 3.61. The fourth-order valence-corrected chi connectivity index (χ4v) is 3.21. The number of rotatable bonds is 4. The van der Waals surface area contributed by atoms with Gasteiger partial charge in [0.1, 0.15) is 23.0 Å². The molecular formula is C23H24N2O6. The van der Waals surface area contributed by atoms with Crippen LogP contribution >= 0.6 is 0 Å². The van der Waals surface area contributed by atoms with Crippen molar-refractivity contribution in [1.82, 2.24) is 0 Å². The second-order valence-corrected chi connectivity index (χ2v) is 7.62. The molecule has 0 fully saturated rings. The van der Waals surface area contributed by atoms with Gasteiger partial charge in [-0.3, -0.25) is 9.59 Å². The highest BCUT2D eigenvalue weighted by Crippen LogP contribution is 2.34. The van der Waals surface area contributed by atoms with Crippen molar-refractivity contribution in [3.63, 3.8) is 0 Å². The molecule has 6 N–H and O–H groups in total. The van der Waals surface area contributed by atoms with Crippen LogP contribution in [0.4, 0.5) is 11.4 Å². The number of hydrogen-bond donors (Lipinski definition) is 6. The first kappa shape index (κ1) is 21.8. The maximum atomic E-state index is 12.8. The molecule has 0 heterocycles. The molecule has 3 rings (SSSR count). The number of carbonyl (C=O) groups excluding carboxylic acids is 2. The lowest BCUT2D eigenvalue weighted by Crippen LogP contribution is -2.23. The van der Waals surface area contributed by atoms with Gasteiger partial charge in [0.25, 0.3) is 11.8 Å². The van der Waals surface area contributed by atoms with E-state index < -0.39 is 11.8 Å². The summed E-state index contributed by atoms with van der Waals surface area (Å²) in [7, 11) is 0. The highest BCUT2D eigenvalue weighted by molar-refractivity contribution is 6.11. The number of nitrogens with one attached hydrogen (secondary N) is 2. The molecule has 8 nitrogen and oxygen atoms in total. The van der Waals surface area contributed by atoms with E-state index in [1.165, 1.54) is 18.2 Å². The quantitative estimate of drug-likeness (QED) is 0.327. The Balaban J connectivity index is 1.81. The Hall–Kier alpha value is -3.94. The first-order valence-electron chi connectivity index (χ1n) is 9.66. The lowest BCUT2D eigenvalue weighted by atomic mass is 9.89. The van der Waals surface area contributed by atoms with Crippen LogP contribution in [0, 0.1) is 19.8 Å². The van der Waals surface area contributed by atoms with Crippen LogP contribution in [-0.4, -0.2) is 32.2 Å². The van der Waals surface area contributed by atoms with Gasteiger partial charge in [-0.25, -0.2) is 0 Å². The molecule has 8 heteroatoms. The van der Waals surface area contributed by atoms with Gasteiger partial charge in [-0.2, -0.15) is 0 Å². The van der Waals surface area contributed by atoms with E-state index >= 15 is 0 Å². The summed E-state index contributed by atoms with van der Waals surface area (Å²) in [6.45, 7) is 5.11. The smallest absolute Gasteiger partial charge is 0.255 e. The van der Waals surface area contributed by atoms with Gasteiger partial charge < -0.3 is 31.1 Å². The third-order valence-electron chi connectivity index (χ3n) is 5.18. The molecule has 1 aliphatic carbocycles. The van der Waals surface area contributed by atoms with Crippen LogP contribution in [0.2, 0.25) is 0 Å². The number of allylic oxidation sites excluding steroid dienone is 1. The minimum Gasteiger partial charge on any atom is -0.508 e. The number of anilines is 2. The van der Waals surface area contributed by atoms with Crippen LogP contribution in [-0.2, 0) is 9.59 Å². The van der Waals surface area contributed by atoms with E-state index in [4.69, 9.17) is 0 Å². The van der Waals surface area contributed by atoms with Crippen molar-refractivity contribution >= 4 is 23.2 Å². The van der Waals surface area contributed by atoms with Gasteiger partial charge >= 0.3 is 0 Å². The molecule has 31 heavy (non-hydrogen) atoms. The number of carbonyl (C=O) groups is 2. The first-order chi connectivity index (χ1) is 14.6. The summed E-state index contributed by atoms with van der Waals surface area (Å²) in [5, 5.41) is 44.4. The molecule has 2 aromatic rings. The van der Waals surface area contributed by atoms with Gasteiger partial charge in [0.15, 0.2) is 0 Å². The fraction of sp³-hybridized carbons (Fsp3) is 0.217. The summed E-state index contributed by atoms with van der Waals surface area (Å²) in [6, 6.07) is 5.19. The van der Waals surface area contributed by atoms with Crippen LogP contribution in [0.15, 0.2) is 47.6 Å². The third-order valence-corrected chi connectivity index (χ3v) is 5.18. The van der Waals surface area contributed by atoms with Crippen LogP contribution in [0.25, 0.3) is 0 Å². The average molecular weight is 424 g/mol. The molecule has 2 aromatic carbocycles. The number of benzene rings is 2. The van der Waals surface area contributed by atoms with E-state index in [2.05, 4.69) is 10.6 Å². The predicted octanol–water partition coefficient (Wildman–Crippen LogP) is 3.60. The average Bonchev–Trinajstić information content (AvgIpc) is 2.70. The lowest BCUT2D eigenvalue weighted by molar-refractivity contribution is -0.113. The summed E-state index contributed by atoms with van der Waals surface area (Å²) < 4.78 is 0. The van der Waals surface area contributed by atoms with Crippen molar-refractivity contribution in [3.8, 4) is 23.0 Å². The number of amides is 2. The fourth-order valence-electron chi connectivity index (χ4n) is 3.21. The Labute approximate surface area is 179 Å². The molecular weight excluding hydrogens is 400 g/mol. The molecule has 2 amide bonds. The van der Waals surface area contributed by atoms with Crippen LogP contribution in [0.5, 0.6) is 23.0 Å². The van der Waals surface area contributed by atoms with Gasteiger partial charge in [-0.15, -0.1) is 0 Å². The molecule has 162 valence electrons. The third kappa shape index (κ3) is 4.63. The van der Waals surface area contributed by atoms with E-state index in [1.807, 2.05) is 6.92 Å². The van der Waals surface area contributed by atoms with Crippen molar-refractivity contribution in [2.24, 2.45) is 5.92 Å². The number of aryl methyl sites for hydroxylation is 2. The summed E-state index contributed by atoms with van der Waals surface area (Å²) >= 11 is 0. The maximum Gasteiger partial charge on any atom is 0.255 e. The predicted molar refractivity (Wildman–Crippen MR) is 116 cm³/mol. The number of phenolic OH excluding ortho intramolecular Hbond substituents is 4. The minimum absolute atomic E-state index is 0.0876. The van der Waals surface area contributed by atoms with Gasteiger partial charge in [-0.05, 0) is 55.5 Å². The minimum atomic E-state index is -0.513. The van der Waals surface area contributed by atoms with Crippen LogP contribution in [0.1, 0.15) is 24.5 Å². The van der Waals surface area contributed by atoms with Gasteiger partial charge in [-0.1, -0.05) is 13.0 Å². The van der Waals surface area contributed by atoms with Gasteiger partial charge in [0, 0.05) is 23.3 Å². The van der Waals surface area contributed by atoms with E-state index in [9.17, 15) is 30.0 Å². The molecule has 1 aliphatic rings. The topological polar surface area (TPSA) is 139 Å². The number of phenols is 4. The number of hydrogen-bond acceptors (Lipinski definition) is 6. The Kier molecular flexibility index (Phi) is 5.92. The molecule has 0 saturated heterocycles. The van der Waals surface area contributed by atoms with Crippen LogP contribution < -0.4 is 10.6 Å². The summed E-state index contributed by atoms with van der Waals surface area (Å²) in [5.74, 6) is -1.88. The Morgan fingerprint density at radius 1 is 0.806 bits per heavy atom. The summed E-state index contributed by atoms with van der Waals surface area (Å²) in [5.41, 5.74) is 1.87. The Bertz CT molecular complexity index is 1130. The molecule has 0 aromatic heterocycles. The van der Waals surface area contributed by atoms with Crippen molar-refractivity contribution in [2.45, 2.75) is 27.2 Å². The molecule has 0 bridgehead atoms. The zero-order valence-electron chi connectivity index (χ0n) is 17.4. The largest absolute Gasteiger partial charge is 0.508 e. The van der Waals surface area contributed by atoms with E-state index in [1.54, 1.807) is 19.9 Å². The second-order valence-electron chi connectivity index (χ2n) is 7.62. The van der Waals surface area contributed by atoms with Crippen molar-refractivity contribution in [3.05, 3.63) is 58.7 Å². The molecule has 0 aliphatic heterocycles. The number of aromatic hydroxyl groups is 4. The second kappa shape index (κ2) is 8.43. The molecule has 0 spiro atoms. The molecule has 0 saturated carbocycles. The van der Waals surface area contributed by atoms with Gasteiger partial charge in [0.2, 0.25) is 0 Å². The Morgan fingerprint density at radius 2 is 1.29 bits per heavy atom. The highest BCUT2D eigenvalue weighted by atomic mass is 16.3. The monoisotopic (exact) mass is 424 g/mol. The molecule has 0 radical (unpaired) electrons. The summed E-state index contributed by atoms with van der Waals surface area (Å²) in [4.78, 5) is 25.5. The lowest BCUT2D eigenvalue weighted by Gasteiger charge is -2.20. The van der Waals surface area contributed by atoms with E-state index in [-0.39, 0.29) is 45.9 Å². The van der Waals surface area contributed by atoms with Crippen molar-refractivity contribution in [1.29, 1.82) is 0 Å². The van der Waals surface area contributed by atoms with Crippen molar-refractivity contribution in [2.75, 3.05) is 10.6 Å². The van der Waals surface area contributed by atoms with E-state index in [0.29, 0.717) is 23.1 Å². The molecule has 1 unspecified atom stereocenters. The zero-order valence-corrected chi connectivity index (χ0v) is 17.4. The zero-order chi connectivity index (χ0) is 22.9. The maximum absolute atomic E-state index is 12.8. The SMILES string of the molecule is Cc1cc(NC(=O)C2=CCC(C)C(C(=O)Nc3cc(C)c(O)cc3O)=C2)c(O)cc1O. The van der Waals surface area contributed by atoms with Gasteiger partial charge in [0.05, 0.1) is 11.4 Å². The van der Waals surface area contributed by atoms with E-state index in [0.717, 1.165) is 12.1 Å². The van der Waals surface area contributed by atoms with Crippen LogP contribution in [0.3, 0.4) is 0 Å². The molecule has 1 atom stereocenters. The standard InChI is InChI=1S/C23H24N2O6/c1-11-4-5-14(22(30)24-16-6-12(2)18(26)9-20(16)28)8-15(11)23(31)25-17-7-13(3)19(27)10-21(17)29/h5-11,26-29H,4H2,1-3H3,(H,24,30)(H,25,31).